The van der Waals surface area contributed by atoms with Crippen molar-refractivity contribution in [2.24, 2.45) is 17.6 Å². The third-order valence-corrected chi connectivity index (χ3v) is 6.65. The molecule has 2 aliphatic heterocycles. The number of halogens is 1. The van der Waals surface area contributed by atoms with E-state index in [0.29, 0.717) is 38.0 Å². The number of rotatable bonds is 3. The lowest BCUT2D eigenvalue weighted by Crippen LogP contribution is -2.55. The molecular formula is C13H28ClN3O2S. The number of nitrogens with two attached hydrogens (primary N) is 1. The van der Waals surface area contributed by atoms with Gasteiger partial charge in [0.2, 0.25) is 0 Å². The summed E-state index contributed by atoms with van der Waals surface area (Å²) in [6.07, 6.45) is 3.77. The van der Waals surface area contributed by atoms with Crippen LogP contribution >= 0.6 is 12.4 Å². The van der Waals surface area contributed by atoms with Gasteiger partial charge < -0.3 is 5.73 Å². The molecule has 2 rings (SSSR count). The van der Waals surface area contributed by atoms with E-state index >= 15 is 0 Å². The van der Waals surface area contributed by atoms with E-state index in [4.69, 9.17) is 5.73 Å². The van der Waals surface area contributed by atoms with Gasteiger partial charge in [0.25, 0.3) is 10.2 Å². The monoisotopic (exact) mass is 325 g/mol. The van der Waals surface area contributed by atoms with E-state index in [9.17, 15) is 8.42 Å². The molecule has 0 aliphatic carbocycles. The van der Waals surface area contributed by atoms with Crippen molar-refractivity contribution in [1.29, 1.82) is 0 Å². The molecule has 5 nitrogen and oxygen atoms in total. The van der Waals surface area contributed by atoms with Crippen LogP contribution in [0, 0.1) is 11.8 Å². The van der Waals surface area contributed by atoms with Crippen LogP contribution in [0.25, 0.3) is 0 Å². The molecular weight excluding hydrogens is 298 g/mol. The van der Waals surface area contributed by atoms with Crippen molar-refractivity contribution in [1.82, 2.24) is 8.61 Å². The van der Waals surface area contributed by atoms with E-state index in [0.717, 1.165) is 25.7 Å². The molecule has 2 N–H and O–H groups in total. The molecule has 0 amide bonds. The number of nitrogens with zero attached hydrogens (tertiary/aromatic N) is 2. The molecule has 0 spiro atoms. The molecule has 2 unspecified atom stereocenters. The van der Waals surface area contributed by atoms with Gasteiger partial charge in [0.15, 0.2) is 0 Å². The molecule has 2 saturated heterocycles. The highest BCUT2D eigenvalue weighted by Crippen LogP contribution is 2.28. The molecule has 0 aromatic carbocycles. The topological polar surface area (TPSA) is 66.6 Å². The summed E-state index contributed by atoms with van der Waals surface area (Å²) < 4.78 is 28.8. The highest BCUT2D eigenvalue weighted by atomic mass is 35.5. The average molecular weight is 326 g/mol. The Bertz CT molecular complexity index is 396. The normalized spacial score (nSPS) is 30.9. The maximum absolute atomic E-state index is 12.7. The lowest BCUT2D eigenvalue weighted by molar-refractivity contribution is 0.187. The predicted molar refractivity (Wildman–Crippen MR) is 84.1 cm³/mol. The van der Waals surface area contributed by atoms with Crippen molar-refractivity contribution < 1.29 is 8.42 Å². The summed E-state index contributed by atoms with van der Waals surface area (Å²) >= 11 is 0. The van der Waals surface area contributed by atoms with Gasteiger partial charge in [-0.05, 0) is 37.5 Å². The minimum absolute atomic E-state index is 0. The Labute approximate surface area is 129 Å². The summed E-state index contributed by atoms with van der Waals surface area (Å²) in [5.74, 6) is 1.21. The molecule has 0 aromatic heterocycles. The number of hydrogen-bond acceptors (Lipinski definition) is 3. The van der Waals surface area contributed by atoms with Crippen molar-refractivity contribution in [3.8, 4) is 0 Å². The van der Waals surface area contributed by atoms with Gasteiger partial charge in [0.05, 0.1) is 0 Å². The van der Waals surface area contributed by atoms with Crippen LogP contribution in [0.3, 0.4) is 0 Å². The molecule has 2 fully saturated rings. The van der Waals surface area contributed by atoms with E-state index < -0.39 is 10.2 Å². The summed E-state index contributed by atoms with van der Waals surface area (Å²) in [6, 6.07) is -0.0203. The van der Waals surface area contributed by atoms with Crippen LogP contribution in [0.5, 0.6) is 0 Å². The maximum atomic E-state index is 12.7. The van der Waals surface area contributed by atoms with Gasteiger partial charge in [-0.15, -0.1) is 12.4 Å². The van der Waals surface area contributed by atoms with Gasteiger partial charge in [-0.1, -0.05) is 13.8 Å². The van der Waals surface area contributed by atoms with E-state index in [-0.39, 0.29) is 18.4 Å². The van der Waals surface area contributed by atoms with Gasteiger partial charge in [0.1, 0.15) is 0 Å². The summed E-state index contributed by atoms with van der Waals surface area (Å²) in [5.41, 5.74) is 5.78. The molecule has 7 heteroatoms. The standard InChI is InChI=1S/C13H27N3O2S.ClH/c1-11-3-6-15(7-4-11)19(17,18)16-8-5-12(2)9-13(16)10-14;/h11-13H,3-10,14H2,1-2H3;1H. The van der Waals surface area contributed by atoms with E-state index in [1.54, 1.807) is 8.61 Å². The quantitative estimate of drug-likeness (QED) is 0.854. The highest BCUT2D eigenvalue weighted by molar-refractivity contribution is 7.86. The maximum Gasteiger partial charge on any atom is 0.282 e. The Morgan fingerprint density at radius 2 is 1.60 bits per heavy atom. The van der Waals surface area contributed by atoms with Crippen molar-refractivity contribution >= 4 is 22.6 Å². The van der Waals surface area contributed by atoms with E-state index in [1.807, 2.05) is 0 Å². The summed E-state index contributed by atoms with van der Waals surface area (Å²) in [6.45, 7) is 6.73. The fourth-order valence-corrected chi connectivity index (χ4v) is 4.97. The zero-order valence-corrected chi connectivity index (χ0v) is 14.1. The van der Waals surface area contributed by atoms with Crippen LogP contribution in [-0.2, 0) is 10.2 Å². The summed E-state index contributed by atoms with van der Waals surface area (Å²) in [5, 5.41) is 0. The van der Waals surface area contributed by atoms with Crippen molar-refractivity contribution in [3.63, 3.8) is 0 Å². The fourth-order valence-electron chi connectivity index (χ4n) is 3.11. The highest BCUT2D eigenvalue weighted by Gasteiger charge is 2.38. The lowest BCUT2D eigenvalue weighted by atomic mass is 9.94. The van der Waals surface area contributed by atoms with Crippen LogP contribution in [0.4, 0.5) is 0 Å². The smallest absolute Gasteiger partial charge is 0.282 e. The van der Waals surface area contributed by atoms with Gasteiger partial charge in [0, 0.05) is 32.2 Å². The van der Waals surface area contributed by atoms with Crippen LogP contribution in [-0.4, -0.2) is 49.2 Å². The Hall–Kier alpha value is 0.120. The first-order chi connectivity index (χ1) is 8.95. The first-order valence-electron chi connectivity index (χ1n) is 7.42. The predicted octanol–water partition coefficient (Wildman–Crippen LogP) is 1.44. The molecule has 20 heavy (non-hydrogen) atoms. The molecule has 0 bridgehead atoms. The van der Waals surface area contributed by atoms with Crippen molar-refractivity contribution in [2.45, 2.75) is 45.6 Å². The number of piperidine rings is 2. The van der Waals surface area contributed by atoms with E-state index in [2.05, 4.69) is 13.8 Å². The van der Waals surface area contributed by atoms with Gasteiger partial charge in [-0.3, -0.25) is 0 Å². The fraction of sp³-hybridized carbons (Fsp3) is 1.00. The molecule has 2 heterocycles. The Balaban J connectivity index is 0.00000200. The molecule has 0 saturated carbocycles. The van der Waals surface area contributed by atoms with Crippen LogP contribution in [0.15, 0.2) is 0 Å². The second kappa shape index (κ2) is 7.40. The molecule has 2 aliphatic rings. The molecule has 0 aromatic rings. The zero-order valence-electron chi connectivity index (χ0n) is 12.5. The van der Waals surface area contributed by atoms with Crippen LogP contribution in [0.2, 0.25) is 0 Å². The Kier molecular flexibility index (Phi) is 6.73. The minimum atomic E-state index is -3.31. The second-order valence-corrected chi connectivity index (χ2v) is 8.10. The van der Waals surface area contributed by atoms with Crippen LogP contribution in [0.1, 0.15) is 39.5 Å². The SMILES string of the molecule is CC1CCN(S(=O)(=O)N2CCC(C)CC2CN)CC1.Cl. The van der Waals surface area contributed by atoms with Gasteiger partial charge >= 0.3 is 0 Å². The molecule has 2 atom stereocenters. The van der Waals surface area contributed by atoms with Crippen molar-refractivity contribution in [2.75, 3.05) is 26.2 Å². The largest absolute Gasteiger partial charge is 0.329 e. The average Bonchev–Trinajstić information content (AvgIpc) is 2.38. The lowest BCUT2D eigenvalue weighted by Gasteiger charge is -2.41. The Morgan fingerprint density at radius 3 is 2.15 bits per heavy atom. The van der Waals surface area contributed by atoms with Crippen molar-refractivity contribution in [3.05, 3.63) is 0 Å². The third-order valence-electron chi connectivity index (χ3n) is 4.56. The van der Waals surface area contributed by atoms with Gasteiger partial charge in [-0.25, -0.2) is 0 Å². The first-order valence-corrected chi connectivity index (χ1v) is 8.81. The van der Waals surface area contributed by atoms with Crippen LogP contribution < -0.4 is 5.73 Å². The van der Waals surface area contributed by atoms with E-state index in [1.165, 1.54) is 0 Å². The second-order valence-electron chi connectivity index (χ2n) is 6.22. The minimum Gasteiger partial charge on any atom is -0.329 e. The molecule has 0 radical (unpaired) electrons. The Morgan fingerprint density at radius 1 is 1.05 bits per heavy atom. The third kappa shape index (κ3) is 3.85. The van der Waals surface area contributed by atoms with Gasteiger partial charge in [-0.2, -0.15) is 17.0 Å². The first kappa shape index (κ1) is 18.2. The summed E-state index contributed by atoms with van der Waals surface area (Å²) in [7, 11) is -3.31. The summed E-state index contributed by atoms with van der Waals surface area (Å²) in [4.78, 5) is 0. The molecule has 120 valence electrons. The zero-order chi connectivity index (χ0) is 14.0. The number of hydrogen-bond donors (Lipinski definition) is 1.